The maximum Gasteiger partial charge on any atom is 0.192 e. The summed E-state index contributed by atoms with van der Waals surface area (Å²) >= 11 is 4.96. The minimum Gasteiger partial charge on any atom is -0.296 e. The summed E-state index contributed by atoms with van der Waals surface area (Å²) in [6.07, 6.45) is 0.774. The zero-order valence-corrected chi connectivity index (χ0v) is 10.9. The zero-order valence-electron chi connectivity index (χ0n) is 8.50. The Labute approximate surface area is 109 Å². The van der Waals surface area contributed by atoms with Crippen molar-refractivity contribution in [3.63, 3.8) is 0 Å². The van der Waals surface area contributed by atoms with E-state index in [9.17, 15) is 4.79 Å². The SMILES string of the molecule is O=Cc1cccc2nc(-c3ccc(Br)s3)nn12. The van der Waals surface area contributed by atoms with Crippen molar-refractivity contribution in [3.05, 3.63) is 39.8 Å². The van der Waals surface area contributed by atoms with E-state index in [2.05, 4.69) is 26.0 Å². The third-order valence-electron chi connectivity index (χ3n) is 2.30. The highest BCUT2D eigenvalue weighted by atomic mass is 79.9. The van der Waals surface area contributed by atoms with Gasteiger partial charge in [0.1, 0.15) is 5.69 Å². The molecule has 4 nitrogen and oxygen atoms in total. The minimum atomic E-state index is 0.497. The number of nitrogens with zero attached hydrogens (tertiary/aromatic N) is 3. The van der Waals surface area contributed by atoms with Gasteiger partial charge in [-0.05, 0) is 40.2 Å². The van der Waals surface area contributed by atoms with Crippen molar-refractivity contribution in [3.8, 4) is 10.7 Å². The predicted molar refractivity (Wildman–Crippen MR) is 69.4 cm³/mol. The highest BCUT2D eigenvalue weighted by Crippen LogP contribution is 2.29. The Morgan fingerprint density at radius 3 is 2.88 bits per heavy atom. The summed E-state index contributed by atoms with van der Waals surface area (Å²) in [5, 5.41) is 4.33. The number of aldehydes is 1. The maximum atomic E-state index is 10.9. The van der Waals surface area contributed by atoms with Gasteiger partial charge < -0.3 is 0 Å². The van der Waals surface area contributed by atoms with Gasteiger partial charge in [0.25, 0.3) is 0 Å². The number of carbonyl (C=O) groups is 1. The average Bonchev–Trinajstić information content (AvgIpc) is 2.93. The van der Waals surface area contributed by atoms with Crippen LogP contribution in [0.15, 0.2) is 34.1 Å². The molecule has 0 N–H and O–H groups in total. The second-order valence-corrected chi connectivity index (χ2v) is 5.84. The highest BCUT2D eigenvalue weighted by molar-refractivity contribution is 9.11. The molecule has 3 rings (SSSR count). The number of fused-ring (bicyclic) bond motifs is 1. The molecule has 0 saturated heterocycles. The molecule has 0 amide bonds. The molecule has 0 spiro atoms. The van der Waals surface area contributed by atoms with Crippen LogP contribution in [0.3, 0.4) is 0 Å². The van der Waals surface area contributed by atoms with E-state index in [-0.39, 0.29) is 0 Å². The molecule has 0 aliphatic carbocycles. The summed E-state index contributed by atoms with van der Waals surface area (Å²) < 4.78 is 2.58. The van der Waals surface area contributed by atoms with Gasteiger partial charge in [0.2, 0.25) is 0 Å². The maximum absolute atomic E-state index is 10.9. The smallest absolute Gasteiger partial charge is 0.192 e. The Morgan fingerprint density at radius 1 is 1.29 bits per heavy atom. The molecule has 6 heteroatoms. The lowest BCUT2D eigenvalue weighted by Crippen LogP contribution is -1.95. The van der Waals surface area contributed by atoms with Gasteiger partial charge in [-0.25, -0.2) is 9.50 Å². The first-order valence-corrected chi connectivity index (χ1v) is 6.45. The van der Waals surface area contributed by atoms with Crippen LogP contribution in [0.2, 0.25) is 0 Å². The minimum absolute atomic E-state index is 0.497. The van der Waals surface area contributed by atoms with Crippen LogP contribution in [0, 0.1) is 0 Å². The van der Waals surface area contributed by atoms with Gasteiger partial charge in [-0.2, -0.15) is 0 Å². The van der Waals surface area contributed by atoms with E-state index in [1.54, 1.807) is 28.0 Å². The van der Waals surface area contributed by atoms with Crippen LogP contribution in [-0.2, 0) is 0 Å². The van der Waals surface area contributed by atoms with E-state index in [0.29, 0.717) is 17.2 Å². The monoisotopic (exact) mass is 307 g/mol. The lowest BCUT2D eigenvalue weighted by atomic mass is 10.4. The van der Waals surface area contributed by atoms with Crippen LogP contribution in [0.5, 0.6) is 0 Å². The summed E-state index contributed by atoms with van der Waals surface area (Å²) in [5.41, 5.74) is 1.17. The van der Waals surface area contributed by atoms with Crippen molar-refractivity contribution in [2.75, 3.05) is 0 Å². The Bertz CT molecular complexity index is 704. The Hall–Kier alpha value is -1.53. The van der Waals surface area contributed by atoms with Crippen LogP contribution in [0.1, 0.15) is 10.5 Å². The highest BCUT2D eigenvalue weighted by Gasteiger charge is 2.10. The molecular weight excluding hydrogens is 302 g/mol. The van der Waals surface area contributed by atoms with Crippen LogP contribution in [0.4, 0.5) is 0 Å². The van der Waals surface area contributed by atoms with E-state index in [4.69, 9.17) is 0 Å². The molecule has 0 bridgehead atoms. The molecule has 0 radical (unpaired) electrons. The second-order valence-electron chi connectivity index (χ2n) is 3.38. The largest absolute Gasteiger partial charge is 0.296 e. The topological polar surface area (TPSA) is 47.3 Å². The van der Waals surface area contributed by atoms with Gasteiger partial charge in [-0.15, -0.1) is 16.4 Å². The van der Waals surface area contributed by atoms with Gasteiger partial charge >= 0.3 is 0 Å². The second kappa shape index (κ2) is 4.05. The van der Waals surface area contributed by atoms with Crippen molar-refractivity contribution < 1.29 is 4.79 Å². The van der Waals surface area contributed by atoms with Crippen LogP contribution >= 0.6 is 27.3 Å². The molecule has 0 aliphatic heterocycles. The summed E-state index contributed by atoms with van der Waals surface area (Å²) in [6.45, 7) is 0. The molecule has 3 aromatic rings. The van der Waals surface area contributed by atoms with E-state index >= 15 is 0 Å². The number of hydrogen-bond acceptors (Lipinski definition) is 4. The standard InChI is InChI=1S/C11H6BrN3OS/c12-9-5-4-8(17-9)11-13-10-3-1-2-7(6-16)15(10)14-11/h1-6H. The van der Waals surface area contributed by atoms with Crippen LogP contribution < -0.4 is 0 Å². The van der Waals surface area contributed by atoms with Crippen LogP contribution in [-0.4, -0.2) is 20.9 Å². The number of thiophene rings is 1. The fourth-order valence-electron chi connectivity index (χ4n) is 1.55. The normalized spacial score (nSPS) is 10.9. The lowest BCUT2D eigenvalue weighted by Gasteiger charge is -1.92. The van der Waals surface area contributed by atoms with Crippen molar-refractivity contribution in [2.24, 2.45) is 0 Å². The molecule has 17 heavy (non-hydrogen) atoms. The fourth-order valence-corrected chi connectivity index (χ4v) is 2.87. The van der Waals surface area contributed by atoms with Gasteiger partial charge in [-0.1, -0.05) is 6.07 Å². The number of pyridine rings is 1. The van der Waals surface area contributed by atoms with Crippen molar-refractivity contribution >= 4 is 39.2 Å². The average molecular weight is 308 g/mol. The summed E-state index contributed by atoms with van der Waals surface area (Å²) in [5.74, 6) is 0.634. The fraction of sp³-hybridized carbons (Fsp3) is 0. The van der Waals surface area contributed by atoms with Crippen molar-refractivity contribution in [1.29, 1.82) is 0 Å². The molecule has 0 fully saturated rings. The number of rotatable bonds is 2. The molecular formula is C11H6BrN3OS. The third-order valence-corrected chi connectivity index (χ3v) is 3.92. The van der Waals surface area contributed by atoms with E-state index < -0.39 is 0 Å². The summed E-state index contributed by atoms with van der Waals surface area (Å²) in [4.78, 5) is 16.2. The molecule has 0 aromatic carbocycles. The first-order valence-electron chi connectivity index (χ1n) is 4.84. The number of aromatic nitrogens is 3. The first kappa shape index (κ1) is 10.6. The van der Waals surface area contributed by atoms with Crippen molar-refractivity contribution in [2.45, 2.75) is 0 Å². The third kappa shape index (κ3) is 1.79. The van der Waals surface area contributed by atoms with E-state index in [1.807, 2.05) is 18.2 Å². The van der Waals surface area contributed by atoms with E-state index in [1.165, 1.54) is 0 Å². The Morgan fingerprint density at radius 2 is 2.18 bits per heavy atom. The number of hydrogen-bond donors (Lipinski definition) is 0. The van der Waals surface area contributed by atoms with Gasteiger partial charge in [0, 0.05) is 0 Å². The summed E-state index contributed by atoms with van der Waals surface area (Å²) in [7, 11) is 0. The zero-order chi connectivity index (χ0) is 11.8. The predicted octanol–water partition coefficient (Wildman–Crippen LogP) is 3.03. The molecule has 84 valence electrons. The Kier molecular flexibility index (Phi) is 2.53. The number of carbonyl (C=O) groups excluding carboxylic acids is 1. The van der Waals surface area contributed by atoms with Crippen molar-refractivity contribution in [1.82, 2.24) is 14.6 Å². The first-order chi connectivity index (χ1) is 8.28. The summed E-state index contributed by atoms with van der Waals surface area (Å²) in [6, 6.07) is 9.23. The molecule has 3 heterocycles. The molecule has 0 unspecified atom stereocenters. The number of halogens is 1. The van der Waals surface area contributed by atoms with E-state index in [0.717, 1.165) is 14.9 Å². The molecule has 3 aromatic heterocycles. The molecule has 0 saturated carbocycles. The van der Waals surface area contributed by atoms with Gasteiger partial charge in [0.15, 0.2) is 17.8 Å². The molecule has 0 aliphatic rings. The lowest BCUT2D eigenvalue weighted by molar-refractivity contribution is 0.111. The quantitative estimate of drug-likeness (QED) is 0.684. The molecule has 0 atom stereocenters. The van der Waals surface area contributed by atoms with Gasteiger partial charge in [-0.3, -0.25) is 4.79 Å². The van der Waals surface area contributed by atoms with Gasteiger partial charge in [0.05, 0.1) is 8.66 Å². The Balaban J connectivity index is 2.23. The van der Waals surface area contributed by atoms with Crippen LogP contribution in [0.25, 0.3) is 16.3 Å².